The summed E-state index contributed by atoms with van der Waals surface area (Å²) in [6.07, 6.45) is 41.2. The average molecular weight is 1210 g/mol. The molecule has 6 nitrogen and oxygen atoms in total. The third-order valence-corrected chi connectivity index (χ3v) is 13.9. The van der Waals surface area contributed by atoms with Gasteiger partial charge in [-0.05, 0) is 192 Å². The zero-order valence-corrected chi connectivity index (χ0v) is 50.1. The summed E-state index contributed by atoms with van der Waals surface area (Å²) >= 11 is 0. The van der Waals surface area contributed by atoms with Gasteiger partial charge in [0.1, 0.15) is 6.29 Å². The van der Waals surface area contributed by atoms with E-state index in [1.807, 2.05) is 93.6 Å². The first kappa shape index (κ1) is 63.0. The van der Waals surface area contributed by atoms with Gasteiger partial charge in [0.05, 0.1) is 11.6 Å². The van der Waals surface area contributed by atoms with Crippen LogP contribution in [0.25, 0.3) is 24.3 Å². The number of nitrogens with one attached hydrogen (secondary N) is 1. The quantitative estimate of drug-likeness (QED) is 0.101. The summed E-state index contributed by atoms with van der Waals surface area (Å²) in [4.78, 5) is 33.0. The fourth-order valence-electron chi connectivity index (χ4n) is 7.78. The second-order valence-electron chi connectivity index (χ2n) is 20.1. The number of nitrogens with zero attached hydrogens (tertiary/aromatic N) is 1. The predicted molar refractivity (Wildman–Crippen MR) is 325 cm³/mol. The number of aryl methyl sites for hydroxylation is 7. The summed E-state index contributed by atoms with van der Waals surface area (Å²) in [6.45, 7) is 18.1. The number of nitrogens with two attached hydrogens (primary N) is 1. The zero-order valence-electron chi connectivity index (χ0n) is 47.2. The summed E-state index contributed by atoms with van der Waals surface area (Å²) in [5.74, 6) is -0.417. The number of aldehydes is 1. The van der Waals surface area contributed by atoms with Crippen LogP contribution >= 0.6 is 0 Å². The molecule has 5 aliphatic rings. The summed E-state index contributed by atoms with van der Waals surface area (Å²) in [7, 11) is 1.65. The van der Waals surface area contributed by atoms with E-state index in [4.69, 9.17) is 11.0 Å². The van der Waals surface area contributed by atoms with Crippen molar-refractivity contribution in [2.45, 2.75) is 113 Å². The first-order chi connectivity index (χ1) is 37.0. The number of carbonyl (C=O) groups excluding carboxylic acids is 3. The van der Waals surface area contributed by atoms with Gasteiger partial charge in [-0.3, -0.25) is 14.4 Å². The Labute approximate surface area is 481 Å². The minimum Gasteiger partial charge on any atom is -0.366 e. The largest absolute Gasteiger partial charge is 0.366 e. The van der Waals surface area contributed by atoms with E-state index in [2.05, 4.69) is 137 Å². The van der Waals surface area contributed by atoms with Crippen LogP contribution in [0.1, 0.15) is 162 Å². The van der Waals surface area contributed by atoms with Crippen molar-refractivity contribution in [3.63, 3.8) is 0 Å². The fourth-order valence-corrected chi connectivity index (χ4v) is 7.78. The van der Waals surface area contributed by atoms with Crippen LogP contribution in [0.2, 0.25) is 0 Å². The van der Waals surface area contributed by atoms with Gasteiger partial charge in [0, 0.05) is 44.8 Å². The van der Waals surface area contributed by atoms with Crippen molar-refractivity contribution in [2.75, 3.05) is 7.05 Å². The predicted octanol–water partition coefficient (Wildman–Crippen LogP) is 17.2. The number of amides is 2. The van der Waals surface area contributed by atoms with Gasteiger partial charge in [0.2, 0.25) is 5.91 Å². The number of rotatable bonds is 11. The van der Waals surface area contributed by atoms with Gasteiger partial charge < -0.3 is 11.1 Å². The van der Waals surface area contributed by atoms with Crippen molar-refractivity contribution in [3.8, 4) is 6.07 Å². The van der Waals surface area contributed by atoms with E-state index in [-0.39, 0.29) is 32.9 Å². The minimum atomic E-state index is -0.377. The van der Waals surface area contributed by atoms with Gasteiger partial charge in [-0.2, -0.15) is 5.26 Å². The molecule has 78 heavy (non-hydrogen) atoms. The molecule has 3 N–H and O–H groups in total. The first-order valence-electron chi connectivity index (χ1n) is 26.9. The molecular weight excluding hydrogens is 1130 g/mol. The molecule has 0 aromatic heterocycles. The Hall–Kier alpha value is -7.58. The molecule has 0 aliphatic heterocycles. The minimum absolute atomic E-state index is 0. The Morgan fingerprint density at radius 3 is 1.13 bits per heavy atom. The summed E-state index contributed by atoms with van der Waals surface area (Å²) in [6, 6.07) is 31.7. The molecule has 5 aromatic carbocycles. The van der Waals surface area contributed by atoms with Crippen LogP contribution in [0.15, 0.2) is 174 Å². The van der Waals surface area contributed by atoms with E-state index >= 15 is 0 Å². The van der Waals surface area contributed by atoms with Gasteiger partial charge in [-0.1, -0.05) is 161 Å². The monoisotopic (exact) mass is 1200 g/mol. The molecule has 10 rings (SSSR count). The molecule has 7 heteroatoms. The van der Waals surface area contributed by atoms with E-state index in [1.54, 1.807) is 13.1 Å². The van der Waals surface area contributed by atoms with Crippen LogP contribution in [-0.2, 0) is 21.1 Å². The van der Waals surface area contributed by atoms with Crippen LogP contribution < -0.4 is 11.1 Å². The molecule has 5 aromatic rings. The third kappa shape index (κ3) is 21.1. The first-order valence-corrected chi connectivity index (χ1v) is 26.9. The molecule has 5 aliphatic carbocycles. The molecule has 0 atom stereocenters. The fraction of sp³-hybridized carbons (Fsp3) is 0.254. The molecule has 2 amide bonds. The van der Waals surface area contributed by atoms with E-state index in [1.165, 1.54) is 113 Å². The molecule has 0 heterocycles. The summed E-state index contributed by atoms with van der Waals surface area (Å²) in [5.41, 5.74) is 28.0. The maximum atomic E-state index is 11.5. The number of benzene rings is 5. The SMILES string of the molecule is CNC(=O)c1ccc(C)c(/C=C/C2=CCC2)c1.Cc1ccc(C#N)cc1/C=C/C1=CCC1.Cc1ccc(C(N)=O)cc1/C=C/C1=CCC1.Cc1ccc(C)c(/C=C/C2=CCC2)c1.Cc1ccc(C)c(C=O)c1.[CH2-]C1=CCC1.[W]. The van der Waals surface area contributed by atoms with Gasteiger partial charge in [0.15, 0.2) is 0 Å². The van der Waals surface area contributed by atoms with Gasteiger partial charge in [-0.25, -0.2) is 18.6 Å². The number of hydrogen-bond acceptors (Lipinski definition) is 4. The van der Waals surface area contributed by atoms with E-state index in [9.17, 15) is 14.4 Å². The van der Waals surface area contributed by atoms with Crippen molar-refractivity contribution >= 4 is 42.4 Å². The molecule has 0 bridgehead atoms. The maximum Gasteiger partial charge on any atom is 0.251 e. The van der Waals surface area contributed by atoms with Crippen molar-refractivity contribution in [1.82, 2.24) is 5.32 Å². The molecule has 0 saturated carbocycles. The number of nitriles is 1. The van der Waals surface area contributed by atoms with Crippen LogP contribution in [0.4, 0.5) is 0 Å². The van der Waals surface area contributed by atoms with Crippen molar-refractivity contribution in [1.29, 1.82) is 5.26 Å². The van der Waals surface area contributed by atoms with Crippen LogP contribution in [0.3, 0.4) is 0 Å². The van der Waals surface area contributed by atoms with E-state index in [0.29, 0.717) is 11.1 Å². The Morgan fingerprint density at radius 1 is 0.487 bits per heavy atom. The Kier molecular flexibility index (Phi) is 26.5. The number of carbonyl (C=O) groups is 3. The molecule has 0 unspecified atom stereocenters. The Balaban J connectivity index is 0.000000206. The zero-order chi connectivity index (χ0) is 55.7. The van der Waals surface area contributed by atoms with Crippen molar-refractivity contribution in [3.05, 3.63) is 264 Å². The third-order valence-electron chi connectivity index (χ3n) is 13.9. The Bertz CT molecular complexity index is 3230. The standard InChI is InChI=1S/C15H17NO.C14H15NO.C14H13N.C14H16.C9H10O.C5H7.W/c1-11-6-8-14(15(17)16-2)10-13(11)9-7-12-4-3-5-12;1-10-5-7-13(14(15)16)9-12(10)8-6-11-3-2-4-11;1-11-5-6-13(10-15)9-14(11)8-7-12-3-2-4-12;1-11-6-7-12(2)14(10-11)9-8-13-4-3-5-13;1-7-3-4-8(2)9(5-7)6-10;1-5-3-2-4-5;/h4,6-10H,3,5H2,1-2H3,(H,16,17);3,5-9H,2,4H2,1H3,(H2,15,16);3,5-9H,2,4H2,1H3;4,6-10H,3,5H2,1-2H3;3-6H,1-2H3;3H,1-2,4H2;/q;;;;;-1;/b9-7+;8-6+;8-7+;9-8+;;;. The smallest absolute Gasteiger partial charge is 0.251 e. The summed E-state index contributed by atoms with van der Waals surface area (Å²) < 4.78 is 0. The second kappa shape index (κ2) is 32.9. The number of allylic oxidation sites excluding steroid dienone is 14. The second-order valence-corrected chi connectivity index (χ2v) is 20.1. The molecular formula is C71H78N3O3W-. The normalized spacial score (nSPS) is 14.2. The molecule has 0 radical (unpaired) electrons. The number of primary amides is 1. The van der Waals surface area contributed by atoms with Crippen LogP contribution in [0.5, 0.6) is 0 Å². The van der Waals surface area contributed by atoms with Gasteiger partial charge >= 0.3 is 0 Å². The van der Waals surface area contributed by atoms with Crippen LogP contribution in [0, 0.1) is 66.7 Å². The van der Waals surface area contributed by atoms with E-state index < -0.39 is 0 Å². The van der Waals surface area contributed by atoms with Gasteiger partial charge in [0.25, 0.3) is 5.91 Å². The van der Waals surface area contributed by atoms with Gasteiger partial charge in [-0.15, -0.1) is 6.42 Å². The van der Waals surface area contributed by atoms with E-state index in [0.717, 1.165) is 57.2 Å². The Morgan fingerprint density at radius 2 is 0.808 bits per heavy atom. The van der Waals surface area contributed by atoms with Crippen LogP contribution in [-0.4, -0.2) is 25.1 Å². The topological polar surface area (TPSA) is 113 Å². The number of hydrogen-bond donors (Lipinski definition) is 2. The average Bonchev–Trinajstić information content (AvgIpc) is 3.35. The molecule has 0 saturated heterocycles. The molecule has 402 valence electrons. The van der Waals surface area contributed by atoms with Crippen molar-refractivity contribution < 1.29 is 35.4 Å². The molecule has 0 fully saturated rings. The van der Waals surface area contributed by atoms with Crippen molar-refractivity contribution in [2.24, 2.45) is 5.73 Å². The summed E-state index contributed by atoms with van der Waals surface area (Å²) in [5, 5.41) is 11.4. The molecule has 0 spiro atoms. The maximum absolute atomic E-state index is 11.5.